The second kappa shape index (κ2) is 4.70. The average Bonchev–Trinajstić information content (AvgIpc) is 2.68. The number of fused-ring (bicyclic) bond motifs is 5. The Hall–Kier alpha value is -1.10. The Kier molecular flexibility index (Phi) is 3.09. The third-order valence-corrected chi connectivity index (χ3v) is 6.72. The summed E-state index contributed by atoms with van der Waals surface area (Å²) in [6, 6.07) is 5.61. The van der Waals surface area contributed by atoms with E-state index in [4.69, 9.17) is 0 Å². The topological polar surface area (TPSA) is 80.9 Å². The fraction of sp³-hybridized carbons (Fsp3) is 0.667. The predicted octanol–water partition coefficient (Wildman–Crippen LogP) is 1.55. The summed E-state index contributed by atoms with van der Waals surface area (Å²) in [5.74, 6) is 0.898. The molecule has 4 rings (SSSR count). The highest BCUT2D eigenvalue weighted by Gasteiger charge is 2.62. The van der Waals surface area contributed by atoms with Crippen molar-refractivity contribution in [1.82, 2.24) is 0 Å². The monoisotopic (exact) mass is 304 g/mol. The van der Waals surface area contributed by atoms with E-state index in [9.17, 15) is 20.4 Å². The molecule has 0 aliphatic heterocycles. The molecule has 0 bridgehead atoms. The van der Waals surface area contributed by atoms with Crippen molar-refractivity contribution in [2.24, 2.45) is 17.3 Å². The molecule has 120 valence electrons. The first-order valence-corrected chi connectivity index (χ1v) is 8.29. The fourth-order valence-corrected chi connectivity index (χ4v) is 5.62. The maximum atomic E-state index is 10.5. The van der Waals surface area contributed by atoms with Crippen LogP contribution in [-0.2, 0) is 6.42 Å². The van der Waals surface area contributed by atoms with Crippen LogP contribution in [-0.4, -0.2) is 38.7 Å². The highest BCUT2D eigenvalue weighted by Crippen LogP contribution is 2.60. The van der Waals surface area contributed by atoms with Crippen molar-refractivity contribution in [3.63, 3.8) is 0 Å². The van der Waals surface area contributed by atoms with Crippen LogP contribution in [0.1, 0.15) is 43.2 Å². The first-order valence-electron chi connectivity index (χ1n) is 8.29. The Labute approximate surface area is 130 Å². The summed E-state index contributed by atoms with van der Waals surface area (Å²) >= 11 is 0. The van der Waals surface area contributed by atoms with Crippen molar-refractivity contribution in [3.8, 4) is 5.75 Å². The summed E-state index contributed by atoms with van der Waals surface area (Å²) in [7, 11) is 0. The van der Waals surface area contributed by atoms with Gasteiger partial charge in [-0.15, -0.1) is 0 Å². The van der Waals surface area contributed by atoms with Crippen molar-refractivity contribution in [3.05, 3.63) is 29.3 Å². The molecule has 22 heavy (non-hydrogen) atoms. The van der Waals surface area contributed by atoms with Crippen LogP contribution in [0.25, 0.3) is 0 Å². The summed E-state index contributed by atoms with van der Waals surface area (Å²) in [6.45, 7) is 2.02. The second-order valence-electron chi connectivity index (χ2n) is 7.69. The van der Waals surface area contributed by atoms with Gasteiger partial charge in [-0.05, 0) is 66.7 Å². The molecule has 4 heteroatoms. The minimum atomic E-state index is -1.03. The van der Waals surface area contributed by atoms with Gasteiger partial charge in [-0.1, -0.05) is 13.0 Å². The maximum Gasteiger partial charge on any atom is 0.115 e. The lowest BCUT2D eigenvalue weighted by atomic mass is 9.55. The summed E-state index contributed by atoms with van der Waals surface area (Å²) < 4.78 is 0. The Bertz CT molecular complexity index is 601. The number of aliphatic hydroxyl groups is 3. The predicted molar refractivity (Wildman–Crippen MR) is 81.5 cm³/mol. The van der Waals surface area contributed by atoms with E-state index in [0.29, 0.717) is 11.7 Å². The van der Waals surface area contributed by atoms with Crippen LogP contribution in [0, 0.1) is 17.3 Å². The number of aromatic hydroxyl groups is 1. The molecule has 1 aromatic rings. The summed E-state index contributed by atoms with van der Waals surface area (Å²) in [5, 5.41) is 40.7. The van der Waals surface area contributed by atoms with Gasteiger partial charge in [0, 0.05) is 5.41 Å². The van der Waals surface area contributed by atoms with Gasteiger partial charge in [0.25, 0.3) is 0 Å². The third kappa shape index (κ3) is 1.75. The van der Waals surface area contributed by atoms with Gasteiger partial charge in [0.1, 0.15) is 11.9 Å². The van der Waals surface area contributed by atoms with Crippen molar-refractivity contribution < 1.29 is 20.4 Å². The van der Waals surface area contributed by atoms with Crippen LogP contribution in [0.4, 0.5) is 0 Å². The molecule has 4 N–H and O–H groups in total. The van der Waals surface area contributed by atoms with Crippen molar-refractivity contribution in [2.75, 3.05) is 0 Å². The lowest BCUT2D eigenvalue weighted by Crippen LogP contribution is -2.46. The van der Waals surface area contributed by atoms with E-state index in [1.807, 2.05) is 19.1 Å². The first kappa shape index (κ1) is 14.5. The number of hydrogen-bond acceptors (Lipinski definition) is 4. The molecule has 0 aromatic heterocycles. The number of phenolic OH excluding ortho intramolecular Hbond substituents is 1. The molecule has 3 aliphatic rings. The zero-order valence-corrected chi connectivity index (χ0v) is 12.8. The lowest BCUT2D eigenvalue weighted by Gasteiger charge is -2.50. The molecular formula is C18H24O4. The molecule has 7 unspecified atom stereocenters. The minimum absolute atomic E-state index is 0.0572. The van der Waals surface area contributed by atoms with Crippen molar-refractivity contribution in [1.29, 1.82) is 0 Å². The Morgan fingerprint density at radius 1 is 1.09 bits per heavy atom. The fourth-order valence-electron chi connectivity index (χ4n) is 5.62. The molecular weight excluding hydrogens is 280 g/mol. The Balaban J connectivity index is 1.74. The van der Waals surface area contributed by atoms with Crippen molar-refractivity contribution >= 4 is 0 Å². The molecule has 0 amide bonds. The molecule has 3 aliphatic carbocycles. The summed E-state index contributed by atoms with van der Waals surface area (Å²) in [4.78, 5) is 0. The SMILES string of the molecule is CC12CCC3c4ccc(O)cc4CCC3C1C(O)C(O)C2O. The van der Waals surface area contributed by atoms with E-state index < -0.39 is 23.7 Å². The minimum Gasteiger partial charge on any atom is -0.508 e. The largest absolute Gasteiger partial charge is 0.508 e. The van der Waals surface area contributed by atoms with E-state index in [1.54, 1.807) is 6.07 Å². The Morgan fingerprint density at radius 3 is 2.64 bits per heavy atom. The van der Waals surface area contributed by atoms with E-state index in [1.165, 1.54) is 11.1 Å². The maximum absolute atomic E-state index is 10.5. The van der Waals surface area contributed by atoms with Gasteiger partial charge < -0.3 is 20.4 Å². The van der Waals surface area contributed by atoms with E-state index in [2.05, 4.69) is 0 Å². The zero-order valence-electron chi connectivity index (χ0n) is 12.8. The quantitative estimate of drug-likeness (QED) is 0.586. The van der Waals surface area contributed by atoms with Crippen molar-refractivity contribution in [2.45, 2.75) is 56.8 Å². The molecule has 1 aromatic carbocycles. The molecule has 0 heterocycles. The molecule has 4 nitrogen and oxygen atoms in total. The number of phenols is 1. The number of aliphatic hydroxyl groups excluding tert-OH is 3. The number of rotatable bonds is 0. The first-order chi connectivity index (χ1) is 10.4. The third-order valence-electron chi connectivity index (χ3n) is 6.72. The van der Waals surface area contributed by atoms with Gasteiger partial charge >= 0.3 is 0 Å². The number of aryl methyl sites for hydroxylation is 1. The lowest BCUT2D eigenvalue weighted by molar-refractivity contribution is -0.0505. The van der Waals surface area contributed by atoms with Crippen LogP contribution >= 0.6 is 0 Å². The van der Waals surface area contributed by atoms with Crippen LogP contribution in [0.15, 0.2) is 18.2 Å². The van der Waals surface area contributed by atoms with Crippen LogP contribution < -0.4 is 0 Å². The smallest absolute Gasteiger partial charge is 0.115 e. The zero-order chi connectivity index (χ0) is 15.6. The second-order valence-corrected chi connectivity index (χ2v) is 7.69. The van der Waals surface area contributed by atoms with Gasteiger partial charge in [0.2, 0.25) is 0 Å². The van der Waals surface area contributed by atoms with Crippen LogP contribution in [0.3, 0.4) is 0 Å². The number of benzene rings is 1. The average molecular weight is 304 g/mol. The molecule has 2 saturated carbocycles. The molecule has 0 saturated heterocycles. The standard InChI is InChI=1S/C18H24O4/c1-18-7-6-12-11-5-3-10(19)8-9(11)2-4-13(12)14(18)15(20)16(21)17(18)22/h3,5,8,12-17,19-22H,2,4,6-7H2,1H3. The molecule has 7 atom stereocenters. The van der Waals surface area contributed by atoms with Gasteiger partial charge in [0.15, 0.2) is 0 Å². The van der Waals surface area contributed by atoms with Gasteiger partial charge in [-0.3, -0.25) is 0 Å². The molecule has 0 radical (unpaired) electrons. The van der Waals surface area contributed by atoms with Gasteiger partial charge in [-0.25, -0.2) is 0 Å². The van der Waals surface area contributed by atoms with E-state index in [0.717, 1.165) is 25.7 Å². The van der Waals surface area contributed by atoms with E-state index >= 15 is 0 Å². The van der Waals surface area contributed by atoms with Gasteiger partial charge in [-0.2, -0.15) is 0 Å². The highest BCUT2D eigenvalue weighted by molar-refractivity contribution is 5.40. The van der Waals surface area contributed by atoms with E-state index in [-0.39, 0.29) is 11.8 Å². The molecule has 2 fully saturated rings. The van der Waals surface area contributed by atoms with Crippen LogP contribution in [0.5, 0.6) is 5.75 Å². The summed E-state index contributed by atoms with van der Waals surface area (Å²) in [5.41, 5.74) is 2.09. The summed E-state index contributed by atoms with van der Waals surface area (Å²) in [6.07, 6.45) is 0.894. The Morgan fingerprint density at radius 2 is 1.86 bits per heavy atom. The highest BCUT2D eigenvalue weighted by atomic mass is 16.4. The normalized spacial score (nSPS) is 46.7. The van der Waals surface area contributed by atoms with Crippen LogP contribution in [0.2, 0.25) is 0 Å². The molecule has 0 spiro atoms. The van der Waals surface area contributed by atoms with Gasteiger partial charge in [0.05, 0.1) is 12.2 Å². The number of hydrogen-bond donors (Lipinski definition) is 4.